The molecule has 0 radical (unpaired) electrons. The molecule has 4 rings (SSSR count). The van der Waals surface area contributed by atoms with Crippen LogP contribution in [0.25, 0.3) is 5.82 Å². The number of hydrogen-bond donors (Lipinski definition) is 0. The number of halogens is 1. The molecule has 1 saturated heterocycles. The smallest absolute Gasteiger partial charge is 0.243 e. The highest BCUT2D eigenvalue weighted by Gasteiger charge is 2.30. The van der Waals surface area contributed by atoms with Gasteiger partial charge in [-0.3, -0.25) is 4.57 Å². The summed E-state index contributed by atoms with van der Waals surface area (Å²) < 4.78 is 29.4. The number of hydrogen-bond acceptors (Lipinski definition) is 6. The molecule has 10 heteroatoms. The van der Waals surface area contributed by atoms with E-state index >= 15 is 0 Å². The van der Waals surface area contributed by atoms with E-state index in [1.807, 2.05) is 34.7 Å². The molecule has 1 aromatic carbocycles. The lowest BCUT2D eigenvalue weighted by Gasteiger charge is -2.34. The van der Waals surface area contributed by atoms with Crippen LogP contribution in [0.4, 0.5) is 5.82 Å². The first-order valence-electron chi connectivity index (χ1n) is 9.21. The van der Waals surface area contributed by atoms with E-state index in [2.05, 4.69) is 15.2 Å². The second-order valence-corrected chi connectivity index (χ2v) is 9.24. The maximum atomic E-state index is 13.0. The molecule has 2 aromatic heterocycles. The van der Waals surface area contributed by atoms with Gasteiger partial charge in [0, 0.05) is 43.6 Å². The third-order valence-corrected chi connectivity index (χ3v) is 7.32. The average Bonchev–Trinajstić information content (AvgIpc) is 3.16. The van der Waals surface area contributed by atoms with E-state index in [1.54, 1.807) is 25.3 Å². The van der Waals surface area contributed by atoms with E-state index in [0.29, 0.717) is 42.6 Å². The van der Waals surface area contributed by atoms with Crippen molar-refractivity contribution in [1.29, 1.82) is 0 Å². The Bertz CT molecular complexity index is 1120. The summed E-state index contributed by atoms with van der Waals surface area (Å²) in [5.74, 6) is 2.26. The Kier molecular flexibility index (Phi) is 5.28. The van der Waals surface area contributed by atoms with Crippen LogP contribution in [0, 0.1) is 13.8 Å². The number of sulfonamides is 1. The molecule has 3 heterocycles. The fraction of sp³-hybridized carbons (Fsp3) is 0.316. The van der Waals surface area contributed by atoms with Crippen LogP contribution in [0.3, 0.4) is 0 Å². The molecule has 0 aliphatic carbocycles. The van der Waals surface area contributed by atoms with Crippen molar-refractivity contribution in [2.24, 2.45) is 0 Å². The zero-order chi connectivity index (χ0) is 20.6. The summed E-state index contributed by atoms with van der Waals surface area (Å²) >= 11 is 6.01. The van der Waals surface area contributed by atoms with Gasteiger partial charge in [0.05, 0.1) is 4.90 Å². The summed E-state index contributed by atoms with van der Waals surface area (Å²) in [7, 11) is -3.59. The third-order valence-electron chi connectivity index (χ3n) is 5.04. The van der Waals surface area contributed by atoms with Gasteiger partial charge in [0.2, 0.25) is 10.0 Å². The van der Waals surface area contributed by atoms with Gasteiger partial charge in [-0.05, 0) is 43.7 Å². The Morgan fingerprint density at radius 1 is 0.966 bits per heavy atom. The Hall–Kier alpha value is -2.49. The van der Waals surface area contributed by atoms with Gasteiger partial charge in [-0.2, -0.15) is 4.31 Å². The van der Waals surface area contributed by atoms with Crippen LogP contribution in [0.2, 0.25) is 5.02 Å². The highest BCUT2D eigenvalue weighted by Crippen LogP contribution is 2.25. The van der Waals surface area contributed by atoms with E-state index in [0.717, 1.165) is 11.6 Å². The number of aryl methyl sites for hydroxylation is 2. The molecule has 8 nitrogen and oxygen atoms in total. The minimum atomic E-state index is -3.59. The van der Waals surface area contributed by atoms with E-state index in [9.17, 15) is 8.42 Å². The van der Waals surface area contributed by atoms with Crippen molar-refractivity contribution in [3.05, 3.63) is 59.1 Å². The number of benzene rings is 1. The molecule has 0 amide bonds. The van der Waals surface area contributed by atoms with Crippen molar-refractivity contribution in [3.63, 3.8) is 0 Å². The largest absolute Gasteiger partial charge is 0.352 e. The molecule has 1 aliphatic heterocycles. The third kappa shape index (κ3) is 3.85. The predicted molar refractivity (Wildman–Crippen MR) is 111 cm³/mol. The van der Waals surface area contributed by atoms with Crippen molar-refractivity contribution in [3.8, 4) is 5.82 Å². The minimum absolute atomic E-state index is 0.262. The predicted octanol–water partition coefficient (Wildman–Crippen LogP) is 2.44. The topological polar surface area (TPSA) is 84.2 Å². The maximum Gasteiger partial charge on any atom is 0.243 e. The highest BCUT2D eigenvalue weighted by atomic mass is 35.5. The van der Waals surface area contributed by atoms with Crippen molar-refractivity contribution < 1.29 is 8.42 Å². The first-order valence-corrected chi connectivity index (χ1v) is 11.0. The molecule has 0 spiro atoms. The summed E-state index contributed by atoms with van der Waals surface area (Å²) in [5, 5.41) is 9.00. The quantitative estimate of drug-likeness (QED) is 0.629. The van der Waals surface area contributed by atoms with Crippen LogP contribution in [0.5, 0.6) is 0 Å². The van der Waals surface area contributed by atoms with E-state index < -0.39 is 10.0 Å². The highest BCUT2D eigenvalue weighted by molar-refractivity contribution is 7.89. The van der Waals surface area contributed by atoms with Crippen LogP contribution in [0.15, 0.2) is 47.6 Å². The molecular weight excluding hydrogens is 412 g/mol. The maximum absolute atomic E-state index is 13.0. The Morgan fingerprint density at radius 2 is 1.66 bits per heavy atom. The Labute approximate surface area is 174 Å². The van der Waals surface area contributed by atoms with Gasteiger partial charge >= 0.3 is 0 Å². The van der Waals surface area contributed by atoms with Crippen molar-refractivity contribution in [1.82, 2.24) is 24.1 Å². The molecule has 0 saturated carbocycles. The van der Waals surface area contributed by atoms with Gasteiger partial charge in [0.15, 0.2) is 11.6 Å². The summed E-state index contributed by atoms with van der Waals surface area (Å²) in [6.07, 6.45) is 3.55. The van der Waals surface area contributed by atoms with Gasteiger partial charge in [0.1, 0.15) is 5.82 Å². The van der Waals surface area contributed by atoms with Gasteiger partial charge < -0.3 is 4.90 Å². The van der Waals surface area contributed by atoms with Crippen LogP contribution >= 0.6 is 11.6 Å². The monoisotopic (exact) mass is 432 g/mol. The zero-order valence-corrected chi connectivity index (χ0v) is 17.7. The number of piperazine rings is 1. The molecule has 1 fully saturated rings. The lowest BCUT2D eigenvalue weighted by Crippen LogP contribution is -2.49. The SMILES string of the molecule is Cc1ccc(Cl)cc1S(=O)(=O)N1CCN(c2ccc(-n3ccnc3C)nn2)CC1. The average molecular weight is 433 g/mol. The van der Waals surface area contributed by atoms with Gasteiger partial charge in [-0.25, -0.2) is 13.4 Å². The fourth-order valence-corrected chi connectivity index (χ4v) is 5.29. The van der Waals surface area contributed by atoms with Crippen LogP contribution in [-0.2, 0) is 10.0 Å². The van der Waals surface area contributed by atoms with Crippen LogP contribution in [-0.4, -0.2) is 58.7 Å². The number of nitrogens with zero attached hydrogens (tertiary/aromatic N) is 6. The minimum Gasteiger partial charge on any atom is -0.352 e. The fourth-order valence-electron chi connectivity index (χ4n) is 3.38. The Balaban J connectivity index is 1.47. The standard InChI is InChI=1S/C19H21ClN6O2S/c1-14-3-4-16(20)13-17(14)29(27,28)25-11-9-24(10-12-25)18-5-6-19(23-22-18)26-8-7-21-15(26)2/h3-8,13H,9-12H2,1-2H3. The van der Waals surface area contributed by atoms with E-state index in [4.69, 9.17) is 11.6 Å². The summed E-state index contributed by atoms with van der Waals surface area (Å²) in [6.45, 7) is 5.50. The summed E-state index contributed by atoms with van der Waals surface area (Å²) in [4.78, 5) is 6.49. The second kappa shape index (κ2) is 7.74. The lowest BCUT2D eigenvalue weighted by molar-refractivity contribution is 0.383. The number of imidazole rings is 1. The Morgan fingerprint density at radius 3 is 2.28 bits per heavy atom. The van der Waals surface area contributed by atoms with Crippen molar-refractivity contribution in [2.45, 2.75) is 18.7 Å². The van der Waals surface area contributed by atoms with Crippen molar-refractivity contribution >= 4 is 27.4 Å². The van der Waals surface area contributed by atoms with E-state index in [-0.39, 0.29) is 4.90 Å². The zero-order valence-electron chi connectivity index (χ0n) is 16.2. The second-order valence-electron chi connectivity index (χ2n) is 6.90. The van der Waals surface area contributed by atoms with Crippen molar-refractivity contribution in [2.75, 3.05) is 31.1 Å². The normalized spacial score (nSPS) is 15.6. The van der Waals surface area contributed by atoms with E-state index in [1.165, 1.54) is 10.4 Å². The lowest BCUT2D eigenvalue weighted by atomic mass is 10.2. The molecule has 152 valence electrons. The molecule has 0 atom stereocenters. The van der Waals surface area contributed by atoms with Crippen LogP contribution in [0.1, 0.15) is 11.4 Å². The summed E-state index contributed by atoms with van der Waals surface area (Å²) in [5.41, 5.74) is 0.688. The molecule has 1 aliphatic rings. The molecule has 0 unspecified atom stereocenters. The molecule has 0 N–H and O–H groups in total. The number of anilines is 1. The first kappa shape index (κ1) is 19.8. The molecule has 3 aromatic rings. The van der Waals surface area contributed by atoms with Gasteiger partial charge in [-0.1, -0.05) is 17.7 Å². The first-order chi connectivity index (χ1) is 13.9. The van der Waals surface area contributed by atoms with Crippen LogP contribution < -0.4 is 4.90 Å². The summed E-state index contributed by atoms with van der Waals surface area (Å²) in [6, 6.07) is 8.72. The van der Waals surface area contributed by atoms with Gasteiger partial charge in [0.25, 0.3) is 0 Å². The number of rotatable bonds is 4. The number of aromatic nitrogens is 4. The molecule has 29 heavy (non-hydrogen) atoms. The van der Waals surface area contributed by atoms with Gasteiger partial charge in [-0.15, -0.1) is 10.2 Å². The molecule has 0 bridgehead atoms. The molecular formula is C19H21ClN6O2S.